The lowest BCUT2D eigenvalue weighted by atomic mass is 10.1. The molecule has 1 amide bonds. The Morgan fingerprint density at radius 1 is 1.35 bits per heavy atom. The number of ether oxygens (including phenoxy) is 1. The first-order chi connectivity index (χ1) is 9.43. The van der Waals surface area contributed by atoms with Gasteiger partial charge < -0.3 is 10.1 Å². The molecular weight excluding hydrogens is 278 g/mol. The Morgan fingerprint density at radius 2 is 2.10 bits per heavy atom. The van der Waals surface area contributed by atoms with E-state index in [1.54, 1.807) is 0 Å². The number of nitrogens with one attached hydrogen (secondary N) is 1. The number of carbonyl (C=O) groups is 1. The summed E-state index contributed by atoms with van der Waals surface area (Å²) in [6, 6.07) is 7.71. The maximum Gasteiger partial charge on any atom is 0.235 e. The van der Waals surface area contributed by atoms with E-state index in [1.165, 1.54) is 7.11 Å². The quantitative estimate of drug-likeness (QED) is 0.729. The number of methoxy groups -OCH3 is 1. The van der Waals surface area contributed by atoms with Gasteiger partial charge >= 0.3 is 0 Å². The smallest absolute Gasteiger partial charge is 0.235 e. The third-order valence-electron chi connectivity index (χ3n) is 2.73. The topological polar surface area (TPSA) is 72.5 Å². The molecule has 0 atom stereocenters. The number of amides is 1. The minimum atomic E-state index is -3.36. The van der Waals surface area contributed by atoms with Crippen LogP contribution in [0.25, 0.3) is 0 Å². The first-order valence-electron chi connectivity index (χ1n) is 6.44. The first kappa shape index (κ1) is 16.7. The third kappa shape index (κ3) is 6.68. The van der Waals surface area contributed by atoms with E-state index in [-0.39, 0.29) is 5.75 Å². The zero-order valence-electron chi connectivity index (χ0n) is 11.9. The lowest BCUT2D eigenvalue weighted by Crippen LogP contribution is -2.31. The maximum absolute atomic E-state index is 11.7. The van der Waals surface area contributed by atoms with Gasteiger partial charge in [-0.25, -0.2) is 8.42 Å². The monoisotopic (exact) mass is 299 g/mol. The van der Waals surface area contributed by atoms with Crippen LogP contribution in [0.4, 0.5) is 0 Å². The molecule has 20 heavy (non-hydrogen) atoms. The largest absolute Gasteiger partial charge is 0.385 e. The molecule has 0 aromatic heterocycles. The average Bonchev–Trinajstić information content (AvgIpc) is 2.36. The first-order valence-corrected chi connectivity index (χ1v) is 8.27. The summed E-state index contributed by atoms with van der Waals surface area (Å²) in [5.74, 6) is -0.967. The summed E-state index contributed by atoms with van der Waals surface area (Å²) in [7, 11) is -1.84. The third-order valence-corrected chi connectivity index (χ3v) is 4.34. The Kier molecular flexibility index (Phi) is 6.67. The van der Waals surface area contributed by atoms with Crippen molar-refractivity contribution in [3.63, 3.8) is 0 Å². The summed E-state index contributed by atoms with van der Waals surface area (Å²) in [6.45, 7) is 2.68. The van der Waals surface area contributed by atoms with Crippen LogP contribution in [-0.2, 0) is 25.9 Å². The van der Waals surface area contributed by atoms with E-state index in [4.69, 9.17) is 4.74 Å². The van der Waals surface area contributed by atoms with Crippen molar-refractivity contribution in [2.24, 2.45) is 0 Å². The molecule has 0 bridgehead atoms. The van der Waals surface area contributed by atoms with Crippen LogP contribution < -0.4 is 5.32 Å². The summed E-state index contributed by atoms with van der Waals surface area (Å²) < 4.78 is 28.1. The highest BCUT2D eigenvalue weighted by atomic mass is 32.2. The average molecular weight is 299 g/mol. The van der Waals surface area contributed by atoms with Crippen LogP contribution in [0.2, 0.25) is 0 Å². The highest BCUT2D eigenvalue weighted by Gasteiger charge is 2.16. The van der Waals surface area contributed by atoms with Crippen LogP contribution >= 0.6 is 0 Å². The molecule has 0 unspecified atom stereocenters. The Morgan fingerprint density at radius 3 is 2.75 bits per heavy atom. The van der Waals surface area contributed by atoms with Crippen LogP contribution in [0, 0.1) is 6.92 Å². The molecule has 0 aliphatic rings. The maximum atomic E-state index is 11.7. The van der Waals surface area contributed by atoms with Gasteiger partial charge in [0.25, 0.3) is 0 Å². The zero-order valence-corrected chi connectivity index (χ0v) is 12.7. The van der Waals surface area contributed by atoms with Crippen molar-refractivity contribution in [3.8, 4) is 0 Å². The summed E-state index contributed by atoms with van der Waals surface area (Å²) >= 11 is 0. The molecule has 0 aliphatic carbocycles. The fourth-order valence-electron chi connectivity index (χ4n) is 1.77. The van der Waals surface area contributed by atoms with E-state index < -0.39 is 21.5 Å². The summed E-state index contributed by atoms with van der Waals surface area (Å²) in [5, 5.41) is 2.62. The predicted molar refractivity (Wildman–Crippen MR) is 78.2 cm³/mol. The molecule has 1 aromatic rings. The van der Waals surface area contributed by atoms with Gasteiger partial charge in [-0.05, 0) is 18.9 Å². The van der Waals surface area contributed by atoms with Crippen molar-refractivity contribution < 1.29 is 17.9 Å². The fourth-order valence-corrected chi connectivity index (χ4v) is 2.97. The summed E-state index contributed by atoms with van der Waals surface area (Å²) in [5.41, 5.74) is 2.05. The number of benzene rings is 1. The molecule has 5 nitrogen and oxygen atoms in total. The fraction of sp³-hybridized carbons (Fsp3) is 0.500. The molecular formula is C14H21NO4S. The molecule has 0 aliphatic heterocycles. The Hall–Kier alpha value is -1.40. The zero-order chi connectivity index (χ0) is 15.0. The lowest BCUT2D eigenvalue weighted by Gasteiger charge is -2.07. The van der Waals surface area contributed by atoms with Gasteiger partial charge in [-0.1, -0.05) is 29.8 Å². The van der Waals surface area contributed by atoms with Crippen LogP contribution in [0.15, 0.2) is 24.3 Å². The molecule has 0 saturated carbocycles. The minimum absolute atomic E-state index is 0.0291. The van der Waals surface area contributed by atoms with Crippen LogP contribution in [0.5, 0.6) is 0 Å². The number of aryl methyl sites for hydroxylation is 1. The van der Waals surface area contributed by atoms with Crippen molar-refractivity contribution >= 4 is 15.7 Å². The van der Waals surface area contributed by atoms with E-state index >= 15 is 0 Å². The summed E-state index contributed by atoms with van der Waals surface area (Å²) in [6.07, 6.45) is 0.407. The van der Waals surface area contributed by atoms with Crippen molar-refractivity contribution in [2.45, 2.75) is 19.9 Å². The van der Waals surface area contributed by atoms with Gasteiger partial charge in [0.2, 0.25) is 5.91 Å². The second-order valence-electron chi connectivity index (χ2n) is 4.70. The Labute approximate surface area is 120 Å². The molecule has 0 radical (unpaired) electrons. The number of hydrogen-bond donors (Lipinski definition) is 1. The molecule has 0 heterocycles. The molecule has 1 rings (SSSR count). The second kappa shape index (κ2) is 8.01. The van der Waals surface area contributed by atoms with Gasteiger partial charge in [0.05, 0.1) is 5.75 Å². The molecule has 0 spiro atoms. The Bertz CT molecular complexity index is 540. The van der Waals surface area contributed by atoms with Gasteiger partial charge in [0, 0.05) is 20.3 Å². The van der Waals surface area contributed by atoms with Crippen LogP contribution in [0.3, 0.4) is 0 Å². The highest BCUT2D eigenvalue weighted by molar-refractivity contribution is 7.92. The van der Waals surface area contributed by atoms with Gasteiger partial charge in [-0.3, -0.25) is 4.79 Å². The second-order valence-corrected chi connectivity index (χ2v) is 6.89. The number of carbonyl (C=O) groups excluding carboxylic acids is 1. The Balaban J connectivity index is 2.40. The highest BCUT2D eigenvalue weighted by Crippen LogP contribution is 2.03. The molecule has 6 heteroatoms. The normalized spacial score (nSPS) is 11.3. The van der Waals surface area contributed by atoms with E-state index in [0.717, 1.165) is 11.1 Å². The van der Waals surface area contributed by atoms with E-state index in [2.05, 4.69) is 5.32 Å². The standard InChI is InChI=1S/C14H21NO4S/c1-12-5-3-6-13(9-12)10-15-14(16)11-20(17,18)8-4-7-19-2/h3,5-6,9H,4,7-8,10-11H2,1-2H3,(H,15,16). The molecule has 1 N–H and O–H groups in total. The van der Waals surface area contributed by atoms with Gasteiger partial charge in [-0.15, -0.1) is 0 Å². The predicted octanol–water partition coefficient (Wildman–Crippen LogP) is 1.06. The van der Waals surface area contributed by atoms with E-state index in [0.29, 0.717) is 19.6 Å². The SMILES string of the molecule is COCCCS(=O)(=O)CC(=O)NCc1cccc(C)c1. The molecule has 1 aromatic carbocycles. The number of hydrogen-bond acceptors (Lipinski definition) is 4. The van der Waals surface area contributed by atoms with Crippen LogP contribution in [0.1, 0.15) is 17.5 Å². The van der Waals surface area contributed by atoms with Crippen LogP contribution in [-0.4, -0.2) is 39.5 Å². The van der Waals surface area contributed by atoms with Crippen molar-refractivity contribution in [1.29, 1.82) is 0 Å². The van der Waals surface area contributed by atoms with Crippen molar-refractivity contribution in [2.75, 3.05) is 25.2 Å². The number of rotatable bonds is 8. The van der Waals surface area contributed by atoms with E-state index in [1.807, 2.05) is 31.2 Å². The summed E-state index contributed by atoms with van der Waals surface area (Å²) in [4.78, 5) is 11.6. The minimum Gasteiger partial charge on any atom is -0.385 e. The van der Waals surface area contributed by atoms with E-state index in [9.17, 15) is 13.2 Å². The van der Waals surface area contributed by atoms with Crippen molar-refractivity contribution in [1.82, 2.24) is 5.32 Å². The van der Waals surface area contributed by atoms with Gasteiger partial charge in [0.1, 0.15) is 5.75 Å². The van der Waals surface area contributed by atoms with Gasteiger partial charge in [-0.2, -0.15) is 0 Å². The molecule has 0 fully saturated rings. The lowest BCUT2D eigenvalue weighted by molar-refractivity contribution is -0.118. The number of sulfone groups is 1. The van der Waals surface area contributed by atoms with Crippen molar-refractivity contribution in [3.05, 3.63) is 35.4 Å². The molecule has 112 valence electrons. The van der Waals surface area contributed by atoms with Gasteiger partial charge in [0.15, 0.2) is 9.84 Å². The molecule has 0 saturated heterocycles.